The molecule has 18 heavy (non-hydrogen) atoms. The molecule has 0 heterocycles. The van der Waals surface area contributed by atoms with Crippen molar-refractivity contribution in [1.29, 1.82) is 0 Å². The van der Waals surface area contributed by atoms with E-state index in [1.807, 2.05) is 0 Å². The summed E-state index contributed by atoms with van der Waals surface area (Å²) in [5.41, 5.74) is 2.29. The average Bonchev–Trinajstić information content (AvgIpc) is 2.17. The highest BCUT2D eigenvalue weighted by Gasteiger charge is 2.17. The molecule has 0 radical (unpaired) electrons. The molecule has 2 heteroatoms. The van der Waals surface area contributed by atoms with Gasteiger partial charge in [0.05, 0.1) is 11.7 Å². The average molecular weight is 269 g/mol. The van der Waals surface area contributed by atoms with Crippen LogP contribution < -0.4 is 0 Å². The fourth-order valence-corrected chi connectivity index (χ4v) is 2.58. The van der Waals surface area contributed by atoms with Crippen LogP contribution in [0.2, 0.25) is 5.02 Å². The topological polar surface area (TPSA) is 9.23 Å². The number of halogens is 1. The van der Waals surface area contributed by atoms with Crippen LogP contribution in [-0.2, 0) is 11.2 Å². The van der Waals surface area contributed by atoms with Gasteiger partial charge in [-0.2, -0.15) is 0 Å². The maximum atomic E-state index is 6.46. The minimum Gasteiger partial charge on any atom is -0.373 e. The van der Waals surface area contributed by atoms with E-state index in [2.05, 4.69) is 59.7 Å². The molecular formula is C16H25ClO. The molecule has 0 saturated heterocycles. The van der Waals surface area contributed by atoms with Crippen molar-refractivity contribution in [2.45, 2.75) is 65.6 Å². The maximum Gasteiger partial charge on any atom is 0.0602 e. The molecule has 102 valence electrons. The zero-order valence-corrected chi connectivity index (χ0v) is 13.1. The second kappa shape index (κ2) is 6.08. The molecule has 1 aromatic carbocycles. The first-order valence-electron chi connectivity index (χ1n) is 6.66. The summed E-state index contributed by atoms with van der Waals surface area (Å²) in [4.78, 5) is 0. The van der Waals surface area contributed by atoms with Gasteiger partial charge in [-0.3, -0.25) is 0 Å². The molecule has 1 aromatic rings. The van der Waals surface area contributed by atoms with Crippen LogP contribution >= 0.6 is 11.6 Å². The second-order valence-electron chi connectivity index (χ2n) is 6.22. The number of ether oxygens (including phenoxy) is 1. The largest absolute Gasteiger partial charge is 0.373 e. The van der Waals surface area contributed by atoms with Crippen molar-refractivity contribution in [1.82, 2.24) is 0 Å². The van der Waals surface area contributed by atoms with Crippen molar-refractivity contribution in [2.24, 2.45) is 0 Å². The number of rotatable bonds is 4. The van der Waals surface area contributed by atoms with Gasteiger partial charge in [0.25, 0.3) is 0 Å². The molecule has 0 amide bonds. The fourth-order valence-electron chi connectivity index (χ4n) is 2.16. The first kappa shape index (κ1) is 15.5. The van der Waals surface area contributed by atoms with Crippen LogP contribution in [0.25, 0.3) is 0 Å². The Morgan fingerprint density at radius 3 is 2.28 bits per heavy atom. The highest BCUT2D eigenvalue weighted by atomic mass is 35.5. The van der Waals surface area contributed by atoms with E-state index in [4.69, 9.17) is 16.3 Å². The fraction of sp³-hybridized carbons (Fsp3) is 0.625. The third-order valence-electron chi connectivity index (χ3n) is 2.79. The van der Waals surface area contributed by atoms with E-state index in [9.17, 15) is 0 Å². The minimum atomic E-state index is -0.110. The molecule has 0 aromatic heterocycles. The monoisotopic (exact) mass is 268 g/mol. The van der Waals surface area contributed by atoms with Crippen molar-refractivity contribution in [3.63, 3.8) is 0 Å². The Bertz CT molecular complexity index is 391. The van der Waals surface area contributed by atoms with Crippen LogP contribution in [0.15, 0.2) is 18.2 Å². The molecule has 0 saturated carbocycles. The van der Waals surface area contributed by atoms with Gasteiger partial charge in [-0.05, 0) is 51.2 Å². The Morgan fingerprint density at radius 2 is 1.78 bits per heavy atom. The van der Waals surface area contributed by atoms with Gasteiger partial charge in [0.2, 0.25) is 0 Å². The quantitative estimate of drug-likeness (QED) is 0.728. The van der Waals surface area contributed by atoms with Gasteiger partial charge in [0.1, 0.15) is 0 Å². The Balaban J connectivity index is 2.82. The molecule has 1 unspecified atom stereocenters. The maximum absolute atomic E-state index is 6.46. The molecule has 0 aliphatic heterocycles. The summed E-state index contributed by atoms with van der Waals surface area (Å²) in [7, 11) is 0. The number of hydrogen-bond donors (Lipinski definition) is 0. The third kappa shape index (κ3) is 4.62. The van der Waals surface area contributed by atoms with Crippen molar-refractivity contribution < 1.29 is 4.74 Å². The smallest absolute Gasteiger partial charge is 0.0602 e. The SMILES string of the molecule is CC(Cc1cccc(C(C)C)c1Cl)OC(C)(C)C. The molecular weight excluding hydrogens is 244 g/mol. The van der Waals surface area contributed by atoms with Gasteiger partial charge < -0.3 is 4.74 Å². The van der Waals surface area contributed by atoms with E-state index in [1.54, 1.807) is 0 Å². The van der Waals surface area contributed by atoms with E-state index in [1.165, 1.54) is 11.1 Å². The lowest BCUT2D eigenvalue weighted by molar-refractivity contribution is -0.0504. The lowest BCUT2D eigenvalue weighted by Gasteiger charge is -2.25. The number of benzene rings is 1. The Hall–Kier alpha value is -0.530. The first-order chi connectivity index (χ1) is 8.20. The van der Waals surface area contributed by atoms with Crippen LogP contribution in [0, 0.1) is 0 Å². The van der Waals surface area contributed by atoms with E-state index in [0.717, 1.165) is 11.4 Å². The second-order valence-corrected chi connectivity index (χ2v) is 6.60. The van der Waals surface area contributed by atoms with Crippen molar-refractivity contribution in [2.75, 3.05) is 0 Å². The normalized spacial score (nSPS) is 14.0. The van der Waals surface area contributed by atoms with E-state index in [0.29, 0.717) is 5.92 Å². The molecule has 0 aliphatic carbocycles. The molecule has 1 nitrogen and oxygen atoms in total. The summed E-state index contributed by atoms with van der Waals surface area (Å²) in [6, 6.07) is 6.28. The first-order valence-corrected chi connectivity index (χ1v) is 7.03. The van der Waals surface area contributed by atoms with Crippen molar-refractivity contribution >= 4 is 11.6 Å². The van der Waals surface area contributed by atoms with Gasteiger partial charge >= 0.3 is 0 Å². The zero-order valence-electron chi connectivity index (χ0n) is 12.4. The van der Waals surface area contributed by atoms with E-state index < -0.39 is 0 Å². The predicted octanol–water partition coefficient (Wildman–Crippen LogP) is 5.21. The lowest BCUT2D eigenvalue weighted by atomic mass is 9.98. The van der Waals surface area contributed by atoms with Crippen molar-refractivity contribution in [3.05, 3.63) is 34.3 Å². The summed E-state index contributed by atoms with van der Waals surface area (Å²) in [6.07, 6.45) is 1.03. The molecule has 0 bridgehead atoms. The molecule has 0 fully saturated rings. The van der Waals surface area contributed by atoms with Crippen LogP contribution in [0.5, 0.6) is 0 Å². The Kier molecular flexibility index (Phi) is 5.24. The summed E-state index contributed by atoms with van der Waals surface area (Å²) in [5, 5.41) is 0.900. The van der Waals surface area contributed by atoms with Crippen LogP contribution in [-0.4, -0.2) is 11.7 Å². The molecule has 1 rings (SSSR count). The molecule has 0 spiro atoms. The molecule has 0 N–H and O–H groups in total. The summed E-state index contributed by atoms with van der Waals surface area (Å²) in [5.74, 6) is 0.455. The molecule has 0 aliphatic rings. The number of hydrogen-bond acceptors (Lipinski definition) is 1. The summed E-state index contributed by atoms with van der Waals surface area (Å²) < 4.78 is 5.94. The van der Waals surface area contributed by atoms with Gasteiger partial charge in [0, 0.05) is 5.02 Å². The standard InChI is InChI=1S/C16H25ClO/c1-11(2)14-9-7-8-13(15(14)17)10-12(3)18-16(4,5)6/h7-9,11-12H,10H2,1-6H3. The van der Waals surface area contributed by atoms with Crippen molar-refractivity contribution in [3.8, 4) is 0 Å². The summed E-state index contributed by atoms with van der Waals surface area (Å²) >= 11 is 6.46. The minimum absolute atomic E-state index is 0.110. The van der Waals surface area contributed by atoms with Gasteiger partial charge in [-0.25, -0.2) is 0 Å². The third-order valence-corrected chi connectivity index (χ3v) is 3.25. The molecule has 1 atom stereocenters. The predicted molar refractivity (Wildman–Crippen MR) is 79.5 cm³/mol. The Morgan fingerprint density at radius 1 is 1.17 bits per heavy atom. The highest BCUT2D eigenvalue weighted by molar-refractivity contribution is 6.32. The van der Waals surface area contributed by atoms with E-state index in [-0.39, 0.29) is 11.7 Å². The summed E-state index contributed by atoms with van der Waals surface area (Å²) in [6.45, 7) is 12.7. The van der Waals surface area contributed by atoms with Gasteiger partial charge in [-0.1, -0.05) is 43.6 Å². The van der Waals surface area contributed by atoms with Crippen LogP contribution in [0.4, 0.5) is 0 Å². The Labute approximate surface area is 116 Å². The van der Waals surface area contributed by atoms with Crippen LogP contribution in [0.3, 0.4) is 0 Å². The van der Waals surface area contributed by atoms with E-state index >= 15 is 0 Å². The lowest BCUT2D eigenvalue weighted by Crippen LogP contribution is -2.26. The zero-order chi connectivity index (χ0) is 13.9. The van der Waals surface area contributed by atoms with Gasteiger partial charge in [-0.15, -0.1) is 0 Å². The van der Waals surface area contributed by atoms with Crippen LogP contribution in [0.1, 0.15) is 58.6 Å². The van der Waals surface area contributed by atoms with Gasteiger partial charge in [0.15, 0.2) is 0 Å². The highest BCUT2D eigenvalue weighted by Crippen LogP contribution is 2.29.